The van der Waals surface area contributed by atoms with Gasteiger partial charge in [-0.05, 0) is 24.8 Å². The molecular weight excluding hydrogens is 287 g/mol. The van der Waals surface area contributed by atoms with E-state index in [0.29, 0.717) is 6.10 Å². The predicted octanol–water partition coefficient (Wildman–Crippen LogP) is 3.56. The van der Waals surface area contributed by atoms with Crippen LogP contribution in [0.2, 0.25) is 0 Å². The fourth-order valence-corrected chi connectivity index (χ4v) is 2.85. The maximum atomic E-state index is 5.89. The van der Waals surface area contributed by atoms with Gasteiger partial charge in [0.25, 0.3) is 0 Å². The van der Waals surface area contributed by atoms with Crippen LogP contribution in [0.25, 0.3) is 0 Å². The van der Waals surface area contributed by atoms with Crippen LogP contribution in [-0.4, -0.2) is 10.0 Å². The van der Waals surface area contributed by atoms with E-state index in [-0.39, 0.29) is 0 Å². The lowest BCUT2D eigenvalue weighted by atomic mass is 10.2. The second-order valence-electron chi connectivity index (χ2n) is 3.78. The van der Waals surface area contributed by atoms with Gasteiger partial charge in [-0.1, -0.05) is 52.9 Å². The van der Waals surface area contributed by atoms with Gasteiger partial charge in [0.15, 0.2) is 0 Å². The Balaban J connectivity index is 1.82. The van der Waals surface area contributed by atoms with Crippen molar-refractivity contribution >= 4 is 22.6 Å². The highest BCUT2D eigenvalue weighted by Gasteiger charge is 2.25. The van der Waals surface area contributed by atoms with Crippen LogP contribution < -0.4 is 0 Å². The van der Waals surface area contributed by atoms with Crippen molar-refractivity contribution in [1.82, 2.24) is 0 Å². The van der Waals surface area contributed by atoms with E-state index in [0.717, 1.165) is 10.5 Å². The molecule has 76 valence electrons. The Morgan fingerprint density at radius 1 is 1.21 bits per heavy atom. The number of halogens is 1. The molecule has 1 saturated carbocycles. The van der Waals surface area contributed by atoms with Crippen LogP contribution in [0, 0.1) is 0 Å². The molecule has 0 saturated heterocycles. The molecule has 1 aromatic carbocycles. The van der Waals surface area contributed by atoms with Crippen molar-refractivity contribution in [3.63, 3.8) is 0 Å². The van der Waals surface area contributed by atoms with Crippen molar-refractivity contribution in [3.8, 4) is 0 Å². The second-order valence-corrected chi connectivity index (χ2v) is 5.38. The third-order valence-corrected chi connectivity index (χ3v) is 4.10. The Hall–Kier alpha value is -0.0900. The van der Waals surface area contributed by atoms with Gasteiger partial charge < -0.3 is 4.74 Å². The summed E-state index contributed by atoms with van der Waals surface area (Å²) in [5.41, 5.74) is 1.28. The Kier molecular flexibility index (Phi) is 3.81. The average molecular weight is 302 g/mol. The Labute approximate surface area is 99.0 Å². The summed E-state index contributed by atoms with van der Waals surface area (Å²) < 4.78 is 6.61. The van der Waals surface area contributed by atoms with Gasteiger partial charge in [-0.25, -0.2) is 0 Å². The van der Waals surface area contributed by atoms with Crippen LogP contribution in [0.5, 0.6) is 0 Å². The molecule has 0 radical (unpaired) electrons. The van der Waals surface area contributed by atoms with Gasteiger partial charge in [-0.2, -0.15) is 0 Å². The van der Waals surface area contributed by atoms with Crippen LogP contribution >= 0.6 is 22.6 Å². The summed E-state index contributed by atoms with van der Waals surface area (Å²) in [4.78, 5) is 0. The van der Waals surface area contributed by atoms with Crippen molar-refractivity contribution in [2.24, 2.45) is 0 Å². The Morgan fingerprint density at radius 2 is 2.00 bits per heavy atom. The minimum Gasteiger partial charge on any atom is -0.372 e. The zero-order valence-corrected chi connectivity index (χ0v) is 10.3. The number of benzene rings is 1. The van der Waals surface area contributed by atoms with E-state index in [1.807, 2.05) is 6.07 Å². The molecule has 0 aliphatic heterocycles. The minimum atomic E-state index is 0.482. The van der Waals surface area contributed by atoms with E-state index in [1.165, 1.54) is 24.8 Å². The van der Waals surface area contributed by atoms with E-state index >= 15 is 0 Å². The number of hydrogen-bond donors (Lipinski definition) is 0. The van der Waals surface area contributed by atoms with Crippen LogP contribution in [0.4, 0.5) is 0 Å². The highest BCUT2D eigenvalue weighted by Crippen LogP contribution is 2.29. The van der Waals surface area contributed by atoms with E-state index in [4.69, 9.17) is 4.74 Å². The largest absolute Gasteiger partial charge is 0.372 e. The molecule has 1 fully saturated rings. The first kappa shape index (κ1) is 10.4. The Bertz CT molecular complexity index is 273. The Morgan fingerprint density at radius 3 is 2.64 bits per heavy atom. The minimum absolute atomic E-state index is 0.482. The number of ether oxygens (including phenoxy) is 1. The maximum Gasteiger partial charge on any atom is 0.0721 e. The molecule has 0 bridgehead atoms. The van der Waals surface area contributed by atoms with Crippen LogP contribution in [0.15, 0.2) is 30.3 Å². The van der Waals surface area contributed by atoms with Gasteiger partial charge >= 0.3 is 0 Å². The van der Waals surface area contributed by atoms with Gasteiger partial charge in [0.2, 0.25) is 0 Å². The molecule has 14 heavy (non-hydrogen) atoms. The summed E-state index contributed by atoms with van der Waals surface area (Å²) in [5.74, 6) is 0. The smallest absolute Gasteiger partial charge is 0.0721 e. The normalized spacial score (nSPS) is 26.6. The van der Waals surface area contributed by atoms with Crippen molar-refractivity contribution in [2.75, 3.05) is 0 Å². The standard InChI is InChI=1S/C12H15IO/c13-11-7-4-8-12(11)14-9-10-5-2-1-3-6-10/h1-3,5-6,11-12H,4,7-9H2/t11-,12-/m1/s1. The first-order valence-electron chi connectivity index (χ1n) is 5.16. The number of hydrogen-bond acceptors (Lipinski definition) is 1. The molecule has 0 amide bonds. The highest BCUT2D eigenvalue weighted by atomic mass is 127. The third kappa shape index (κ3) is 2.70. The topological polar surface area (TPSA) is 9.23 Å². The molecule has 1 aliphatic rings. The fourth-order valence-electron chi connectivity index (χ4n) is 1.85. The molecule has 0 aromatic heterocycles. The molecule has 0 heterocycles. The van der Waals surface area contributed by atoms with Crippen molar-refractivity contribution in [1.29, 1.82) is 0 Å². The third-order valence-electron chi connectivity index (χ3n) is 2.68. The van der Waals surface area contributed by atoms with Gasteiger partial charge in [-0.3, -0.25) is 0 Å². The van der Waals surface area contributed by atoms with Gasteiger partial charge in [0.1, 0.15) is 0 Å². The first-order valence-corrected chi connectivity index (χ1v) is 6.40. The number of rotatable bonds is 3. The van der Waals surface area contributed by atoms with E-state index in [2.05, 4.69) is 46.9 Å². The molecule has 1 nitrogen and oxygen atoms in total. The zero-order valence-electron chi connectivity index (χ0n) is 8.16. The van der Waals surface area contributed by atoms with Gasteiger partial charge in [-0.15, -0.1) is 0 Å². The van der Waals surface area contributed by atoms with E-state index in [9.17, 15) is 0 Å². The summed E-state index contributed by atoms with van der Waals surface area (Å²) in [5, 5.41) is 0. The molecule has 0 unspecified atom stereocenters. The molecule has 1 aliphatic carbocycles. The molecule has 0 spiro atoms. The fraction of sp³-hybridized carbons (Fsp3) is 0.500. The maximum absolute atomic E-state index is 5.89. The quantitative estimate of drug-likeness (QED) is 0.613. The van der Waals surface area contributed by atoms with Gasteiger partial charge in [0, 0.05) is 3.92 Å². The lowest BCUT2D eigenvalue weighted by Crippen LogP contribution is -2.17. The highest BCUT2D eigenvalue weighted by molar-refractivity contribution is 14.1. The average Bonchev–Trinajstić information content (AvgIpc) is 2.63. The van der Waals surface area contributed by atoms with Crippen molar-refractivity contribution in [3.05, 3.63) is 35.9 Å². The van der Waals surface area contributed by atoms with E-state index < -0.39 is 0 Å². The van der Waals surface area contributed by atoms with Crippen molar-refractivity contribution in [2.45, 2.75) is 35.9 Å². The molecule has 0 N–H and O–H groups in total. The molecule has 1 aromatic rings. The summed E-state index contributed by atoms with van der Waals surface area (Å²) >= 11 is 2.51. The SMILES string of the molecule is I[C@@H]1CCC[C@H]1OCc1ccccc1. The lowest BCUT2D eigenvalue weighted by molar-refractivity contribution is 0.0514. The summed E-state index contributed by atoms with van der Waals surface area (Å²) in [7, 11) is 0. The van der Waals surface area contributed by atoms with Crippen molar-refractivity contribution < 1.29 is 4.74 Å². The lowest BCUT2D eigenvalue weighted by Gasteiger charge is -2.15. The molecule has 2 rings (SSSR count). The monoisotopic (exact) mass is 302 g/mol. The molecule has 2 atom stereocenters. The van der Waals surface area contributed by atoms with Crippen LogP contribution in [0.3, 0.4) is 0 Å². The van der Waals surface area contributed by atoms with Crippen LogP contribution in [-0.2, 0) is 11.3 Å². The molecular formula is C12H15IO. The second kappa shape index (κ2) is 5.12. The van der Waals surface area contributed by atoms with Crippen LogP contribution in [0.1, 0.15) is 24.8 Å². The van der Waals surface area contributed by atoms with E-state index in [1.54, 1.807) is 0 Å². The zero-order chi connectivity index (χ0) is 9.80. The molecule has 2 heteroatoms. The number of alkyl halides is 1. The first-order chi connectivity index (χ1) is 6.86. The summed E-state index contributed by atoms with van der Waals surface area (Å²) in [6, 6.07) is 10.4. The van der Waals surface area contributed by atoms with Gasteiger partial charge in [0.05, 0.1) is 12.7 Å². The predicted molar refractivity (Wildman–Crippen MR) is 66.7 cm³/mol. The summed E-state index contributed by atoms with van der Waals surface area (Å²) in [6.07, 6.45) is 4.36. The summed E-state index contributed by atoms with van der Waals surface area (Å²) in [6.45, 7) is 0.769.